The van der Waals surface area contributed by atoms with Gasteiger partial charge in [0, 0.05) is 19.8 Å². The number of carbonyl (C=O) groups is 1. The summed E-state index contributed by atoms with van der Waals surface area (Å²) in [4.78, 5) is 14.0. The summed E-state index contributed by atoms with van der Waals surface area (Å²) in [7, 11) is 3.78. The molecule has 0 radical (unpaired) electrons. The highest BCUT2D eigenvalue weighted by Gasteiger charge is 2.21. The van der Waals surface area contributed by atoms with Crippen LogP contribution in [0.2, 0.25) is 0 Å². The first-order valence-electron chi connectivity index (χ1n) is 5.57. The van der Waals surface area contributed by atoms with Gasteiger partial charge in [-0.15, -0.1) is 0 Å². The van der Waals surface area contributed by atoms with E-state index in [1.165, 1.54) is 0 Å². The van der Waals surface area contributed by atoms with E-state index in [1.54, 1.807) is 19.9 Å². The van der Waals surface area contributed by atoms with Crippen LogP contribution in [0.1, 0.15) is 24.2 Å². The average molecular weight is 236 g/mol. The Morgan fingerprint density at radius 3 is 2.47 bits per heavy atom. The number of hydrogen-bond donors (Lipinski definition) is 2. The van der Waals surface area contributed by atoms with Gasteiger partial charge in [0.2, 0.25) is 0 Å². The fraction of sp³-hybridized carbons (Fsp3) is 0.462. The molecular weight excluding hydrogens is 216 g/mol. The summed E-state index contributed by atoms with van der Waals surface area (Å²) in [5, 5.41) is 11.9. The molecule has 0 saturated heterocycles. The van der Waals surface area contributed by atoms with Gasteiger partial charge in [-0.2, -0.15) is 0 Å². The first-order chi connectivity index (χ1) is 7.87. The molecule has 0 aromatic heterocycles. The Morgan fingerprint density at radius 2 is 1.94 bits per heavy atom. The van der Waals surface area contributed by atoms with Crippen molar-refractivity contribution in [1.82, 2.24) is 5.32 Å². The van der Waals surface area contributed by atoms with Crippen LogP contribution in [0.25, 0.3) is 0 Å². The van der Waals surface area contributed by atoms with E-state index >= 15 is 0 Å². The second kappa shape index (κ2) is 5.19. The fourth-order valence-corrected chi connectivity index (χ4v) is 1.47. The number of benzene rings is 1. The molecule has 0 fully saturated rings. The summed E-state index contributed by atoms with van der Waals surface area (Å²) >= 11 is 0. The maximum Gasteiger partial charge on any atom is 0.253 e. The third kappa shape index (κ3) is 3.46. The topological polar surface area (TPSA) is 52.6 Å². The molecule has 0 bridgehead atoms. The van der Waals surface area contributed by atoms with Gasteiger partial charge in [0.05, 0.1) is 17.7 Å². The molecule has 4 heteroatoms. The van der Waals surface area contributed by atoms with Gasteiger partial charge in [0.15, 0.2) is 0 Å². The number of nitrogens with zero attached hydrogens (tertiary/aromatic N) is 1. The number of para-hydroxylation sites is 1. The predicted octanol–water partition coefficient (Wildman–Crippen LogP) is 1.25. The molecule has 1 aromatic carbocycles. The van der Waals surface area contributed by atoms with Crippen LogP contribution in [0.4, 0.5) is 5.69 Å². The second-order valence-electron chi connectivity index (χ2n) is 4.91. The van der Waals surface area contributed by atoms with Crippen LogP contribution in [0.5, 0.6) is 0 Å². The highest BCUT2D eigenvalue weighted by Crippen LogP contribution is 2.18. The molecule has 0 aliphatic rings. The van der Waals surface area contributed by atoms with Gasteiger partial charge in [-0.25, -0.2) is 0 Å². The predicted molar refractivity (Wildman–Crippen MR) is 69.4 cm³/mol. The Labute approximate surface area is 102 Å². The number of rotatable bonds is 4. The number of aliphatic hydroxyl groups excluding tert-OH is 1. The van der Waals surface area contributed by atoms with Crippen LogP contribution in [-0.2, 0) is 0 Å². The molecule has 2 N–H and O–H groups in total. The minimum Gasteiger partial charge on any atom is -0.394 e. The van der Waals surface area contributed by atoms with Crippen LogP contribution in [0.15, 0.2) is 24.3 Å². The standard InChI is InChI=1S/C13H20N2O2/c1-13(2,9-16)14-12(17)10-7-5-6-8-11(10)15(3)4/h5-8,16H,9H2,1-4H3,(H,14,17). The van der Waals surface area contributed by atoms with Crippen molar-refractivity contribution in [2.24, 2.45) is 0 Å². The molecule has 0 atom stereocenters. The van der Waals surface area contributed by atoms with E-state index in [-0.39, 0.29) is 12.5 Å². The van der Waals surface area contributed by atoms with Crippen LogP contribution >= 0.6 is 0 Å². The molecule has 94 valence electrons. The van der Waals surface area contributed by atoms with E-state index in [4.69, 9.17) is 5.11 Å². The van der Waals surface area contributed by atoms with E-state index in [0.29, 0.717) is 5.56 Å². The van der Waals surface area contributed by atoms with Crippen molar-refractivity contribution in [1.29, 1.82) is 0 Å². The molecular formula is C13H20N2O2. The molecule has 0 spiro atoms. The van der Waals surface area contributed by atoms with Crippen molar-refractivity contribution in [3.8, 4) is 0 Å². The Hall–Kier alpha value is -1.55. The summed E-state index contributed by atoms with van der Waals surface area (Å²) in [6, 6.07) is 7.39. The third-order valence-electron chi connectivity index (χ3n) is 2.48. The smallest absolute Gasteiger partial charge is 0.253 e. The van der Waals surface area contributed by atoms with Crippen LogP contribution in [0.3, 0.4) is 0 Å². The van der Waals surface area contributed by atoms with Gasteiger partial charge in [-0.3, -0.25) is 4.79 Å². The SMILES string of the molecule is CN(C)c1ccccc1C(=O)NC(C)(C)CO. The summed E-state index contributed by atoms with van der Waals surface area (Å²) < 4.78 is 0. The van der Waals surface area contributed by atoms with Crippen molar-refractivity contribution in [3.63, 3.8) is 0 Å². The molecule has 17 heavy (non-hydrogen) atoms. The Kier molecular flexibility index (Phi) is 4.12. The van der Waals surface area contributed by atoms with Gasteiger partial charge < -0.3 is 15.3 Å². The summed E-state index contributed by atoms with van der Waals surface area (Å²) in [5.41, 5.74) is 0.856. The molecule has 1 amide bonds. The van der Waals surface area contributed by atoms with Gasteiger partial charge in [0.25, 0.3) is 5.91 Å². The van der Waals surface area contributed by atoms with Crippen molar-refractivity contribution in [3.05, 3.63) is 29.8 Å². The van der Waals surface area contributed by atoms with Gasteiger partial charge in [-0.05, 0) is 26.0 Å². The zero-order chi connectivity index (χ0) is 13.1. The van der Waals surface area contributed by atoms with Gasteiger partial charge in [0.1, 0.15) is 0 Å². The highest BCUT2D eigenvalue weighted by molar-refractivity contribution is 6.00. The molecule has 1 rings (SSSR count). The first kappa shape index (κ1) is 13.5. The first-order valence-corrected chi connectivity index (χ1v) is 5.57. The fourth-order valence-electron chi connectivity index (χ4n) is 1.47. The minimum atomic E-state index is -0.615. The van der Waals surface area contributed by atoms with E-state index in [9.17, 15) is 4.79 Å². The average Bonchev–Trinajstić information content (AvgIpc) is 2.28. The lowest BCUT2D eigenvalue weighted by atomic mass is 10.1. The zero-order valence-corrected chi connectivity index (χ0v) is 10.8. The molecule has 1 aromatic rings. The second-order valence-corrected chi connectivity index (χ2v) is 4.91. The summed E-state index contributed by atoms with van der Waals surface area (Å²) in [6.07, 6.45) is 0. The molecule has 0 unspecified atom stereocenters. The monoisotopic (exact) mass is 236 g/mol. The maximum absolute atomic E-state index is 12.1. The maximum atomic E-state index is 12.1. The van der Waals surface area contributed by atoms with Crippen LogP contribution in [0, 0.1) is 0 Å². The van der Waals surface area contributed by atoms with E-state index in [0.717, 1.165) is 5.69 Å². The number of amides is 1. The lowest BCUT2D eigenvalue weighted by molar-refractivity contribution is 0.0870. The summed E-state index contributed by atoms with van der Waals surface area (Å²) in [6.45, 7) is 3.47. The van der Waals surface area contributed by atoms with Crippen molar-refractivity contribution < 1.29 is 9.90 Å². The van der Waals surface area contributed by atoms with E-state index in [2.05, 4.69) is 5.32 Å². The quantitative estimate of drug-likeness (QED) is 0.827. The lowest BCUT2D eigenvalue weighted by Crippen LogP contribution is -2.46. The molecule has 0 heterocycles. The van der Waals surface area contributed by atoms with Crippen LogP contribution < -0.4 is 10.2 Å². The molecule has 0 aliphatic heterocycles. The van der Waals surface area contributed by atoms with E-state index < -0.39 is 5.54 Å². The third-order valence-corrected chi connectivity index (χ3v) is 2.48. The number of aliphatic hydroxyl groups is 1. The zero-order valence-electron chi connectivity index (χ0n) is 10.8. The molecule has 0 aliphatic carbocycles. The normalized spacial score (nSPS) is 11.1. The minimum absolute atomic E-state index is 0.0944. The number of nitrogens with one attached hydrogen (secondary N) is 1. The van der Waals surface area contributed by atoms with Crippen LogP contribution in [-0.4, -0.2) is 37.3 Å². The Bertz CT molecular complexity index is 400. The number of anilines is 1. The molecule has 0 saturated carbocycles. The number of hydrogen-bond acceptors (Lipinski definition) is 3. The summed E-state index contributed by atoms with van der Waals surface area (Å²) in [5.74, 6) is -0.173. The Morgan fingerprint density at radius 1 is 1.35 bits per heavy atom. The van der Waals surface area contributed by atoms with E-state index in [1.807, 2.05) is 37.2 Å². The van der Waals surface area contributed by atoms with Crippen molar-refractivity contribution >= 4 is 11.6 Å². The van der Waals surface area contributed by atoms with Gasteiger partial charge >= 0.3 is 0 Å². The lowest BCUT2D eigenvalue weighted by Gasteiger charge is -2.25. The van der Waals surface area contributed by atoms with Gasteiger partial charge in [-0.1, -0.05) is 12.1 Å². The molecule has 4 nitrogen and oxygen atoms in total. The Balaban J connectivity index is 2.97. The van der Waals surface area contributed by atoms with Crippen molar-refractivity contribution in [2.75, 3.05) is 25.6 Å². The van der Waals surface area contributed by atoms with Crippen molar-refractivity contribution in [2.45, 2.75) is 19.4 Å². The number of carbonyl (C=O) groups excluding carboxylic acids is 1. The largest absolute Gasteiger partial charge is 0.394 e. The highest BCUT2D eigenvalue weighted by atomic mass is 16.3.